The maximum Gasteiger partial charge on any atom is 0.117 e. The normalized spacial score (nSPS) is 19.2. The van der Waals surface area contributed by atoms with Crippen molar-refractivity contribution in [3.05, 3.63) is 75.7 Å². The Hall–Kier alpha value is -2.00. The third-order valence-corrected chi connectivity index (χ3v) is 6.22. The van der Waals surface area contributed by atoms with Gasteiger partial charge < -0.3 is 0 Å². The summed E-state index contributed by atoms with van der Waals surface area (Å²) < 4.78 is 0. The van der Waals surface area contributed by atoms with E-state index in [-0.39, 0.29) is 6.04 Å². The average Bonchev–Trinajstić information content (AvgIpc) is 2.84. The highest BCUT2D eigenvalue weighted by molar-refractivity contribution is 5.35. The van der Waals surface area contributed by atoms with Crippen molar-refractivity contribution in [2.24, 2.45) is 5.18 Å². The maximum absolute atomic E-state index is 11.5. The molecule has 1 heterocycles. The number of nitrogens with zero attached hydrogens (tertiary/aromatic N) is 2. The van der Waals surface area contributed by atoms with Crippen LogP contribution in [-0.4, -0.2) is 24.0 Å². The van der Waals surface area contributed by atoms with Crippen molar-refractivity contribution in [1.29, 1.82) is 0 Å². The molecule has 2 aromatic rings. The second kappa shape index (κ2) is 8.13. The molecule has 0 amide bonds. The highest BCUT2D eigenvalue weighted by Crippen LogP contribution is 2.30. The van der Waals surface area contributed by atoms with E-state index in [2.05, 4.69) is 52.5 Å². The lowest BCUT2D eigenvalue weighted by Gasteiger charge is -2.36. The van der Waals surface area contributed by atoms with Crippen molar-refractivity contribution < 1.29 is 0 Å². The van der Waals surface area contributed by atoms with Crippen LogP contribution >= 0.6 is 0 Å². The van der Waals surface area contributed by atoms with Gasteiger partial charge in [-0.05, 0) is 60.8 Å². The van der Waals surface area contributed by atoms with Crippen molar-refractivity contribution in [2.45, 2.75) is 57.0 Å². The molecule has 1 aliphatic carbocycles. The molecule has 1 aliphatic heterocycles. The molecule has 0 saturated heterocycles. The molecule has 0 spiro atoms. The number of fused-ring (bicyclic) bond motifs is 1. The van der Waals surface area contributed by atoms with Crippen molar-refractivity contribution in [3.63, 3.8) is 0 Å². The topological polar surface area (TPSA) is 32.7 Å². The number of hydrogen-bond acceptors (Lipinski definition) is 3. The van der Waals surface area contributed by atoms with Crippen LogP contribution in [-0.2, 0) is 19.3 Å². The minimum absolute atomic E-state index is 0.244. The molecule has 4 rings (SSSR count). The van der Waals surface area contributed by atoms with Gasteiger partial charge in [0.05, 0.1) is 0 Å². The van der Waals surface area contributed by atoms with Gasteiger partial charge >= 0.3 is 0 Å². The molecular formula is C23H28N2O. The van der Waals surface area contributed by atoms with Crippen LogP contribution in [0, 0.1) is 4.91 Å². The lowest BCUT2D eigenvalue weighted by molar-refractivity contribution is 0.133. The van der Waals surface area contributed by atoms with Crippen LogP contribution in [0.15, 0.2) is 53.7 Å². The van der Waals surface area contributed by atoms with Crippen LogP contribution < -0.4 is 0 Å². The van der Waals surface area contributed by atoms with Gasteiger partial charge in [-0.15, -0.1) is 0 Å². The summed E-state index contributed by atoms with van der Waals surface area (Å²) in [5.41, 5.74) is 5.25. The first-order chi connectivity index (χ1) is 12.8. The van der Waals surface area contributed by atoms with Gasteiger partial charge in [-0.3, -0.25) is 4.90 Å². The first kappa shape index (κ1) is 17.4. The van der Waals surface area contributed by atoms with E-state index >= 15 is 0 Å². The summed E-state index contributed by atoms with van der Waals surface area (Å²) in [6, 6.07) is 17.6. The van der Waals surface area contributed by atoms with E-state index in [0.717, 1.165) is 43.8 Å². The van der Waals surface area contributed by atoms with Crippen LogP contribution in [0.2, 0.25) is 0 Å². The van der Waals surface area contributed by atoms with Gasteiger partial charge in [0.2, 0.25) is 0 Å². The number of hydrogen-bond donors (Lipinski definition) is 0. The van der Waals surface area contributed by atoms with Gasteiger partial charge in [-0.1, -0.05) is 60.1 Å². The smallest absolute Gasteiger partial charge is 0.117 e. The van der Waals surface area contributed by atoms with Crippen molar-refractivity contribution in [2.75, 3.05) is 13.1 Å². The number of nitroso groups, excluding NO2 is 1. The molecule has 1 atom stereocenters. The van der Waals surface area contributed by atoms with Crippen LogP contribution in [0.5, 0.6) is 0 Å². The zero-order valence-corrected chi connectivity index (χ0v) is 15.4. The van der Waals surface area contributed by atoms with Crippen LogP contribution in [0.4, 0.5) is 0 Å². The van der Waals surface area contributed by atoms with Crippen molar-refractivity contribution >= 4 is 0 Å². The Morgan fingerprint density at radius 2 is 1.77 bits per heavy atom. The van der Waals surface area contributed by atoms with Gasteiger partial charge in [0, 0.05) is 19.1 Å². The van der Waals surface area contributed by atoms with Gasteiger partial charge in [-0.2, -0.15) is 4.91 Å². The van der Waals surface area contributed by atoms with E-state index in [0.29, 0.717) is 0 Å². The molecule has 1 saturated carbocycles. The number of rotatable bonds is 6. The van der Waals surface area contributed by atoms with Gasteiger partial charge in [-0.25, -0.2) is 0 Å². The number of benzene rings is 2. The number of aryl methyl sites for hydroxylation is 1. The van der Waals surface area contributed by atoms with Crippen molar-refractivity contribution in [1.82, 2.24) is 4.90 Å². The minimum atomic E-state index is -0.244. The standard InChI is InChI=1S/C23H28N2O/c26-24-23(12-9-18-5-2-1-3-6-18)21-11-10-19-13-15-25(22-7-4-8-22)16-14-20(19)17-21/h1-3,5-6,10-11,17,22-23H,4,7-9,12-16H2. The lowest BCUT2D eigenvalue weighted by atomic mass is 9.91. The molecular weight excluding hydrogens is 320 g/mol. The SMILES string of the molecule is O=NC(CCc1ccccc1)c1ccc2c(c1)CCN(C1CCC1)CC2. The van der Waals surface area contributed by atoms with E-state index in [9.17, 15) is 4.91 Å². The van der Waals surface area contributed by atoms with E-state index < -0.39 is 0 Å². The molecule has 0 N–H and O–H groups in total. The molecule has 0 aromatic heterocycles. The van der Waals surface area contributed by atoms with Gasteiger partial charge in [0.25, 0.3) is 0 Å². The quantitative estimate of drug-likeness (QED) is 0.682. The summed E-state index contributed by atoms with van der Waals surface area (Å²) in [6.07, 6.45) is 8.05. The zero-order chi connectivity index (χ0) is 17.8. The first-order valence-electron chi connectivity index (χ1n) is 10.1. The molecule has 3 heteroatoms. The Morgan fingerprint density at radius 3 is 2.46 bits per heavy atom. The fourth-order valence-corrected chi connectivity index (χ4v) is 4.31. The molecule has 0 bridgehead atoms. The lowest BCUT2D eigenvalue weighted by Crippen LogP contribution is -2.41. The molecule has 1 fully saturated rings. The second-order valence-electron chi connectivity index (χ2n) is 7.79. The molecule has 2 aliphatic rings. The monoisotopic (exact) mass is 348 g/mol. The van der Waals surface area contributed by atoms with Crippen molar-refractivity contribution in [3.8, 4) is 0 Å². The summed E-state index contributed by atoms with van der Waals surface area (Å²) in [6.45, 7) is 2.34. The van der Waals surface area contributed by atoms with E-state index in [1.165, 1.54) is 42.5 Å². The summed E-state index contributed by atoms with van der Waals surface area (Å²) in [5, 5.41) is 3.45. The Balaban J connectivity index is 1.44. The molecule has 2 aromatic carbocycles. The maximum atomic E-state index is 11.5. The highest BCUT2D eigenvalue weighted by Gasteiger charge is 2.26. The van der Waals surface area contributed by atoms with Crippen LogP contribution in [0.25, 0.3) is 0 Å². The predicted octanol–water partition coefficient (Wildman–Crippen LogP) is 5.08. The second-order valence-corrected chi connectivity index (χ2v) is 7.79. The summed E-state index contributed by atoms with van der Waals surface area (Å²) in [5.74, 6) is 0. The summed E-state index contributed by atoms with van der Waals surface area (Å²) in [7, 11) is 0. The van der Waals surface area contributed by atoms with E-state index in [1.807, 2.05) is 6.07 Å². The molecule has 3 nitrogen and oxygen atoms in total. The predicted molar refractivity (Wildman–Crippen MR) is 106 cm³/mol. The summed E-state index contributed by atoms with van der Waals surface area (Å²) in [4.78, 5) is 14.2. The Morgan fingerprint density at radius 1 is 1.00 bits per heavy atom. The van der Waals surface area contributed by atoms with Gasteiger partial charge in [0.15, 0.2) is 0 Å². The highest BCUT2D eigenvalue weighted by atomic mass is 16.3. The largest absolute Gasteiger partial charge is 0.300 e. The Kier molecular flexibility index (Phi) is 5.45. The fraction of sp³-hybridized carbons (Fsp3) is 0.478. The molecule has 1 unspecified atom stereocenters. The zero-order valence-electron chi connectivity index (χ0n) is 15.4. The van der Waals surface area contributed by atoms with Crippen LogP contribution in [0.1, 0.15) is 54.0 Å². The Labute approximate surface area is 156 Å². The fourth-order valence-electron chi connectivity index (χ4n) is 4.31. The third kappa shape index (κ3) is 3.88. The molecule has 0 radical (unpaired) electrons. The third-order valence-electron chi connectivity index (χ3n) is 6.22. The molecule has 26 heavy (non-hydrogen) atoms. The van der Waals surface area contributed by atoms with E-state index in [4.69, 9.17) is 0 Å². The van der Waals surface area contributed by atoms with Crippen LogP contribution in [0.3, 0.4) is 0 Å². The average molecular weight is 348 g/mol. The summed E-state index contributed by atoms with van der Waals surface area (Å²) >= 11 is 0. The van der Waals surface area contributed by atoms with E-state index in [1.54, 1.807) is 0 Å². The first-order valence-corrected chi connectivity index (χ1v) is 10.1. The minimum Gasteiger partial charge on any atom is -0.300 e. The van der Waals surface area contributed by atoms with Gasteiger partial charge in [0.1, 0.15) is 6.04 Å². The Bertz CT molecular complexity index is 739. The molecule has 136 valence electrons.